The maximum atomic E-state index is 12.4. The molecule has 1 amide bonds. The zero-order valence-corrected chi connectivity index (χ0v) is 17.8. The molecular formula is C23H29N3O3. The molecule has 0 bridgehead atoms. The van der Waals surface area contributed by atoms with E-state index >= 15 is 0 Å². The Bertz CT molecular complexity index is 962. The van der Waals surface area contributed by atoms with Crippen LogP contribution in [0.3, 0.4) is 0 Å². The predicted molar refractivity (Wildman–Crippen MR) is 112 cm³/mol. The highest BCUT2D eigenvalue weighted by Gasteiger charge is 2.14. The number of hydrogen-bond acceptors (Lipinski definition) is 4. The molecule has 0 aliphatic heterocycles. The third-order valence-electron chi connectivity index (χ3n) is 4.80. The highest BCUT2D eigenvalue weighted by atomic mass is 16.5. The molecule has 0 saturated heterocycles. The molecule has 0 fully saturated rings. The van der Waals surface area contributed by atoms with Gasteiger partial charge in [-0.25, -0.2) is 0 Å². The molecule has 2 aromatic heterocycles. The molecule has 0 aliphatic rings. The molecule has 1 N–H and O–H groups in total. The van der Waals surface area contributed by atoms with E-state index in [-0.39, 0.29) is 23.7 Å². The Morgan fingerprint density at radius 1 is 1.17 bits per heavy atom. The van der Waals surface area contributed by atoms with Gasteiger partial charge in [-0.1, -0.05) is 32.9 Å². The van der Waals surface area contributed by atoms with Crippen molar-refractivity contribution in [1.82, 2.24) is 15.1 Å². The first kappa shape index (κ1) is 20.7. The molecule has 29 heavy (non-hydrogen) atoms. The molecule has 0 radical (unpaired) electrons. The van der Waals surface area contributed by atoms with Crippen LogP contribution in [0.1, 0.15) is 60.8 Å². The smallest absolute Gasteiger partial charge is 0.287 e. The van der Waals surface area contributed by atoms with Gasteiger partial charge < -0.3 is 14.5 Å². The Kier molecular flexibility index (Phi) is 6.11. The highest BCUT2D eigenvalue weighted by molar-refractivity contribution is 5.91. The minimum Gasteiger partial charge on any atom is -0.486 e. The summed E-state index contributed by atoms with van der Waals surface area (Å²) in [4.78, 5) is 12.4. The van der Waals surface area contributed by atoms with Crippen LogP contribution in [-0.2, 0) is 25.1 Å². The van der Waals surface area contributed by atoms with Crippen LogP contribution in [0.5, 0.6) is 5.75 Å². The summed E-state index contributed by atoms with van der Waals surface area (Å²) in [5.41, 5.74) is 3.27. The lowest BCUT2D eigenvalue weighted by Crippen LogP contribution is -2.22. The van der Waals surface area contributed by atoms with Gasteiger partial charge in [0.15, 0.2) is 5.76 Å². The monoisotopic (exact) mass is 395 g/mol. The van der Waals surface area contributed by atoms with E-state index < -0.39 is 0 Å². The number of carbonyl (C=O) groups excluding carboxylic acids is 1. The summed E-state index contributed by atoms with van der Waals surface area (Å²) in [7, 11) is 0. The van der Waals surface area contributed by atoms with Crippen molar-refractivity contribution in [2.45, 2.75) is 59.7 Å². The van der Waals surface area contributed by atoms with Gasteiger partial charge >= 0.3 is 0 Å². The number of carbonyl (C=O) groups is 1. The summed E-state index contributed by atoms with van der Waals surface area (Å²) in [5, 5.41) is 7.26. The van der Waals surface area contributed by atoms with Crippen LogP contribution in [0.25, 0.3) is 0 Å². The van der Waals surface area contributed by atoms with E-state index in [2.05, 4.69) is 43.3 Å². The lowest BCUT2D eigenvalue weighted by atomic mass is 9.87. The van der Waals surface area contributed by atoms with Gasteiger partial charge in [-0.05, 0) is 49.1 Å². The van der Waals surface area contributed by atoms with Crippen LogP contribution in [0, 0.1) is 6.92 Å². The zero-order valence-electron chi connectivity index (χ0n) is 17.8. The van der Waals surface area contributed by atoms with E-state index in [1.807, 2.05) is 36.9 Å². The number of aromatic nitrogens is 2. The third kappa shape index (κ3) is 5.28. The van der Waals surface area contributed by atoms with Gasteiger partial charge in [0.25, 0.3) is 5.91 Å². The molecule has 0 saturated carbocycles. The third-order valence-corrected chi connectivity index (χ3v) is 4.80. The van der Waals surface area contributed by atoms with Gasteiger partial charge in [0.1, 0.15) is 18.1 Å². The van der Waals surface area contributed by atoms with E-state index in [1.165, 1.54) is 5.56 Å². The van der Waals surface area contributed by atoms with E-state index in [4.69, 9.17) is 9.15 Å². The van der Waals surface area contributed by atoms with Gasteiger partial charge in [-0.3, -0.25) is 9.48 Å². The fourth-order valence-corrected chi connectivity index (χ4v) is 2.94. The van der Waals surface area contributed by atoms with Crippen molar-refractivity contribution in [3.63, 3.8) is 0 Å². The van der Waals surface area contributed by atoms with Crippen molar-refractivity contribution in [2.24, 2.45) is 0 Å². The number of hydrogen-bond donors (Lipinski definition) is 1. The normalized spacial score (nSPS) is 11.5. The second kappa shape index (κ2) is 8.55. The average molecular weight is 396 g/mol. The first-order chi connectivity index (χ1) is 13.8. The summed E-state index contributed by atoms with van der Waals surface area (Å²) in [6.07, 6.45) is 1.95. The number of rotatable bonds is 7. The molecule has 3 rings (SSSR count). The molecular weight excluding hydrogens is 366 g/mol. The molecule has 2 heterocycles. The summed E-state index contributed by atoms with van der Waals surface area (Å²) in [6.45, 7) is 12.0. The van der Waals surface area contributed by atoms with E-state index in [1.54, 1.807) is 12.1 Å². The second-order valence-electron chi connectivity index (χ2n) is 8.11. The molecule has 0 unspecified atom stereocenters. The van der Waals surface area contributed by atoms with Crippen molar-refractivity contribution in [1.29, 1.82) is 0 Å². The minimum atomic E-state index is -0.255. The second-order valence-corrected chi connectivity index (χ2v) is 8.11. The Hall–Kier alpha value is -3.02. The number of nitrogens with one attached hydrogen (secondary N) is 1. The molecule has 154 valence electrons. The molecule has 0 aliphatic carbocycles. The summed E-state index contributed by atoms with van der Waals surface area (Å²) in [6, 6.07) is 11.5. The number of nitrogens with zero attached hydrogens (tertiary/aromatic N) is 2. The summed E-state index contributed by atoms with van der Waals surface area (Å²) < 4.78 is 13.3. The van der Waals surface area contributed by atoms with Gasteiger partial charge in [0, 0.05) is 24.8 Å². The van der Waals surface area contributed by atoms with E-state index in [9.17, 15) is 4.79 Å². The Morgan fingerprint density at radius 3 is 2.52 bits per heavy atom. The van der Waals surface area contributed by atoms with Crippen molar-refractivity contribution in [3.8, 4) is 5.75 Å². The number of benzene rings is 1. The molecule has 1 aromatic carbocycles. The van der Waals surface area contributed by atoms with Crippen LogP contribution in [-0.4, -0.2) is 15.7 Å². The molecule has 0 atom stereocenters. The minimum absolute atomic E-state index is 0.107. The van der Waals surface area contributed by atoms with Gasteiger partial charge in [-0.15, -0.1) is 0 Å². The van der Waals surface area contributed by atoms with E-state index in [0.717, 1.165) is 23.6 Å². The highest BCUT2D eigenvalue weighted by Crippen LogP contribution is 2.24. The summed E-state index contributed by atoms with van der Waals surface area (Å²) in [5.74, 6) is 1.38. The van der Waals surface area contributed by atoms with Crippen LogP contribution in [0.2, 0.25) is 0 Å². The largest absolute Gasteiger partial charge is 0.486 e. The standard InChI is InChI=1S/C23H29N3O3/c1-6-26-14-17(16(2)25-26)13-24-22(27)21-12-11-20(29-21)15-28-19-9-7-18(8-10-19)23(3,4)5/h7-12,14H,6,13,15H2,1-5H3,(H,24,27). The van der Waals surface area contributed by atoms with Crippen molar-refractivity contribution >= 4 is 5.91 Å². The Labute approximate surface area is 171 Å². The van der Waals surface area contributed by atoms with Gasteiger partial charge in [0.05, 0.1) is 5.69 Å². The molecule has 6 heteroatoms. The SMILES string of the molecule is CCn1cc(CNC(=O)c2ccc(COc3ccc(C(C)(C)C)cc3)o2)c(C)n1. The lowest BCUT2D eigenvalue weighted by Gasteiger charge is -2.19. The van der Waals surface area contributed by atoms with Crippen LogP contribution in [0.15, 0.2) is 47.0 Å². The topological polar surface area (TPSA) is 69.3 Å². The van der Waals surface area contributed by atoms with E-state index in [0.29, 0.717) is 12.3 Å². The average Bonchev–Trinajstić information content (AvgIpc) is 3.30. The Balaban J connectivity index is 1.53. The maximum Gasteiger partial charge on any atom is 0.287 e. The number of ether oxygens (including phenoxy) is 1. The number of furan rings is 1. The van der Waals surface area contributed by atoms with Crippen molar-refractivity contribution < 1.29 is 13.9 Å². The van der Waals surface area contributed by atoms with Crippen molar-refractivity contribution in [2.75, 3.05) is 0 Å². The fourth-order valence-electron chi connectivity index (χ4n) is 2.94. The molecule has 3 aromatic rings. The number of amides is 1. The predicted octanol–water partition coefficient (Wildman–Crippen LogP) is 4.61. The van der Waals surface area contributed by atoms with Crippen LogP contribution in [0.4, 0.5) is 0 Å². The maximum absolute atomic E-state index is 12.4. The molecule has 6 nitrogen and oxygen atoms in total. The quantitative estimate of drug-likeness (QED) is 0.634. The number of aryl methyl sites for hydroxylation is 2. The Morgan fingerprint density at radius 2 is 1.90 bits per heavy atom. The first-order valence-corrected chi connectivity index (χ1v) is 9.89. The summed E-state index contributed by atoms with van der Waals surface area (Å²) >= 11 is 0. The lowest BCUT2D eigenvalue weighted by molar-refractivity contribution is 0.0919. The van der Waals surface area contributed by atoms with Gasteiger partial charge in [-0.2, -0.15) is 5.10 Å². The first-order valence-electron chi connectivity index (χ1n) is 9.89. The van der Waals surface area contributed by atoms with Crippen molar-refractivity contribution in [3.05, 3.63) is 70.9 Å². The van der Waals surface area contributed by atoms with Crippen LogP contribution >= 0.6 is 0 Å². The van der Waals surface area contributed by atoms with Crippen LogP contribution < -0.4 is 10.1 Å². The zero-order chi connectivity index (χ0) is 21.0. The molecule has 0 spiro atoms. The fraction of sp³-hybridized carbons (Fsp3) is 0.391. The van der Waals surface area contributed by atoms with Gasteiger partial charge in [0.2, 0.25) is 0 Å².